The van der Waals surface area contributed by atoms with Gasteiger partial charge in [0.1, 0.15) is 0 Å². The molecule has 5 heteroatoms. The van der Waals surface area contributed by atoms with Crippen LogP contribution in [0.2, 0.25) is 0 Å². The van der Waals surface area contributed by atoms with Crippen LogP contribution in [-0.4, -0.2) is 46.3 Å². The highest BCUT2D eigenvalue weighted by molar-refractivity contribution is 5.81. The molecule has 22 heavy (non-hydrogen) atoms. The second kappa shape index (κ2) is 6.41. The number of aryl methyl sites for hydroxylation is 1. The van der Waals surface area contributed by atoms with Gasteiger partial charge in [0.2, 0.25) is 5.91 Å². The number of hydrogen-bond acceptors (Lipinski definition) is 3. The minimum atomic E-state index is 0.0527. The van der Waals surface area contributed by atoms with Gasteiger partial charge in [0.15, 0.2) is 0 Å². The molecule has 0 bridgehead atoms. The van der Waals surface area contributed by atoms with Crippen LogP contribution in [0.15, 0.2) is 12.4 Å². The van der Waals surface area contributed by atoms with Crippen molar-refractivity contribution in [2.45, 2.75) is 45.1 Å². The van der Waals surface area contributed by atoms with E-state index in [0.717, 1.165) is 26.1 Å². The Balaban J connectivity index is 1.77. The highest BCUT2D eigenvalue weighted by Crippen LogP contribution is 2.31. The number of nitrogens with one attached hydrogen (secondary N) is 1. The van der Waals surface area contributed by atoms with Crippen LogP contribution >= 0.6 is 0 Å². The van der Waals surface area contributed by atoms with Gasteiger partial charge in [-0.15, -0.1) is 0 Å². The molecule has 122 valence electrons. The fourth-order valence-electron chi connectivity index (χ4n) is 3.96. The molecule has 2 fully saturated rings. The minimum absolute atomic E-state index is 0.0527. The summed E-state index contributed by atoms with van der Waals surface area (Å²) in [6, 6.07) is 0.368. The Morgan fingerprint density at radius 1 is 1.32 bits per heavy atom. The summed E-state index contributed by atoms with van der Waals surface area (Å²) >= 11 is 0. The van der Waals surface area contributed by atoms with E-state index in [4.69, 9.17) is 0 Å². The Labute approximate surface area is 133 Å². The molecule has 2 saturated heterocycles. The average molecular weight is 304 g/mol. The van der Waals surface area contributed by atoms with E-state index in [1.807, 2.05) is 24.1 Å². The first-order valence-electron chi connectivity index (χ1n) is 8.56. The topological polar surface area (TPSA) is 50.2 Å². The molecule has 1 amide bonds. The van der Waals surface area contributed by atoms with Crippen molar-refractivity contribution in [3.8, 4) is 0 Å². The smallest absolute Gasteiger partial charge is 0.227 e. The van der Waals surface area contributed by atoms with Gasteiger partial charge in [0.05, 0.1) is 12.1 Å². The predicted molar refractivity (Wildman–Crippen MR) is 86.5 cm³/mol. The maximum absolute atomic E-state index is 13.2. The predicted octanol–water partition coefficient (Wildman–Crippen LogP) is 1.76. The first kappa shape index (κ1) is 15.5. The molecule has 3 rings (SSSR count). The highest BCUT2D eigenvalue weighted by Gasteiger charge is 2.38. The summed E-state index contributed by atoms with van der Waals surface area (Å²) in [6.07, 6.45) is 7.57. The first-order valence-corrected chi connectivity index (χ1v) is 8.56. The molecule has 0 spiro atoms. The van der Waals surface area contributed by atoms with Crippen molar-refractivity contribution in [1.82, 2.24) is 20.0 Å². The van der Waals surface area contributed by atoms with Crippen molar-refractivity contribution in [1.29, 1.82) is 0 Å². The Morgan fingerprint density at radius 3 is 2.86 bits per heavy atom. The monoisotopic (exact) mass is 304 g/mol. The summed E-state index contributed by atoms with van der Waals surface area (Å²) in [5.74, 6) is 1.25. The molecule has 2 unspecified atom stereocenters. The van der Waals surface area contributed by atoms with Crippen LogP contribution < -0.4 is 5.32 Å². The second-order valence-electron chi connectivity index (χ2n) is 7.19. The molecule has 3 heterocycles. The van der Waals surface area contributed by atoms with E-state index in [0.29, 0.717) is 17.9 Å². The number of carbonyl (C=O) groups excluding carboxylic acids is 1. The number of likely N-dealkylation sites (tertiary alicyclic amines) is 1. The summed E-state index contributed by atoms with van der Waals surface area (Å²) in [4.78, 5) is 15.3. The van der Waals surface area contributed by atoms with Gasteiger partial charge in [0, 0.05) is 44.8 Å². The normalized spacial score (nSPS) is 33.0. The van der Waals surface area contributed by atoms with E-state index in [1.165, 1.54) is 18.4 Å². The minimum Gasteiger partial charge on any atom is -0.339 e. The van der Waals surface area contributed by atoms with Crippen LogP contribution in [0, 0.1) is 11.8 Å². The second-order valence-corrected chi connectivity index (χ2v) is 7.19. The van der Waals surface area contributed by atoms with Crippen LogP contribution in [0.5, 0.6) is 0 Å². The molecule has 1 N–H and O–H groups in total. The molecular weight excluding hydrogens is 276 g/mol. The van der Waals surface area contributed by atoms with E-state index >= 15 is 0 Å². The van der Waals surface area contributed by atoms with Crippen molar-refractivity contribution in [2.24, 2.45) is 18.9 Å². The molecule has 0 aromatic carbocycles. The third kappa shape index (κ3) is 3.05. The van der Waals surface area contributed by atoms with Crippen molar-refractivity contribution in [2.75, 3.05) is 19.6 Å². The van der Waals surface area contributed by atoms with Gasteiger partial charge in [-0.3, -0.25) is 9.48 Å². The third-order valence-corrected chi connectivity index (χ3v) is 5.33. The van der Waals surface area contributed by atoms with Crippen LogP contribution in [0.1, 0.15) is 44.6 Å². The van der Waals surface area contributed by atoms with Crippen LogP contribution in [0.4, 0.5) is 0 Å². The molecular formula is C17H28N4O. The Bertz CT molecular complexity index is 526. The maximum atomic E-state index is 13.2. The number of amides is 1. The molecule has 0 radical (unpaired) electrons. The lowest BCUT2D eigenvalue weighted by Crippen LogP contribution is -2.44. The van der Waals surface area contributed by atoms with E-state index in [-0.39, 0.29) is 11.8 Å². The van der Waals surface area contributed by atoms with Crippen molar-refractivity contribution in [3.05, 3.63) is 18.0 Å². The van der Waals surface area contributed by atoms with Crippen LogP contribution in [-0.2, 0) is 11.8 Å². The van der Waals surface area contributed by atoms with Crippen molar-refractivity contribution >= 4 is 5.91 Å². The quantitative estimate of drug-likeness (QED) is 0.906. The van der Waals surface area contributed by atoms with E-state index in [9.17, 15) is 4.79 Å². The lowest BCUT2D eigenvalue weighted by molar-refractivity contribution is -0.137. The van der Waals surface area contributed by atoms with Gasteiger partial charge < -0.3 is 10.2 Å². The Hall–Kier alpha value is -1.36. The number of carbonyl (C=O) groups is 1. The zero-order chi connectivity index (χ0) is 15.7. The molecule has 1 aromatic heterocycles. The number of nitrogens with zero attached hydrogens (tertiary/aromatic N) is 3. The fraction of sp³-hybridized carbons (Fsp3) is 0.765. The molecule has 0 saturated carbocycles. The van der Waals surface area contributed by atoms with E-state index in [2.05, 4.69) is 29.2 Å². The summed E-state index contributed by atoms with van der Waals surface area (Å²) in [5, 5.41) is 7.68. The molecule has 1 aromatic rings. The van der Waals surface area contributed by atoms with Crippen LogP contribution in [0.25, 0.3) is 0 Å². The third-order valence-electron chi connectivity index (χ3n) is 5.33. The molecule has 0 aliphatic carbocycles. The number of rotatable bonds is 2. The van der Waals surface area contributed by atoms with Gasteiger partial charge in [-0.2, -0.15) is 5.10 Å². The van der Waals surface area contributed by atoms with E-state index in [1.54, 1.807) is 0 Å². The summed E-state index contributed by atoms with van der Waals surface area (Å²) < 4.78 is 1.83. The molecule has 2 aliphatic rings. The lowest BCUT2D eigenvalue weighted by Gasteiger charge is -2.32. The number of hydrogen-bond donors (Lipinski definition) is 1. The Morgan fingerprint density at radius 2 is 2.14 bits per heavy atom. The van der Waals surface area contributed by atoms with Crippen LogP contribution in [0.3, 0.4) is 0 Å². The SMILES string of the molecule is CC1CCCC(C)N(C(=O)[C@H]2CNC[C@@H]2c2cnn(C)c2)C1. The summed E-state index contributed by atoms with van der Waals surface area (Å²) in [7, 11) is 1.93. The van der Waals surface area contributed by atoms with Gasteiger partial charge in [-0.25, -0.2) is 0 Å². The lowest BCUT2D eigenvalue weighted by atomic mass is 9.89. The summed E-state index contributed by atoms with van der Waals surface area (Å²) in [6.45, 7) is 7.05. The zero-order valence-corrected chi connectivity index (χ0v) is 14.0. The molecule has 2 aliphatic heterocycles. The van der Waals surface area contributed by atoms with Crippen molar-refractivity contribution < 1.29 is 4.79 Å². The standard InChI is InChI=1S/C17H28N4O/c1-12-5-4-6-13(2)21(10-12)17(22)16-9-18-8-15(16)14-7-19-20(3)11-14/h7,11-13,15-16,18H,4-6,8-10H2,1-3H3/t12?,13?,15-,16+/m1/s1. The highest BCUT2D eigenvalue weighted by atomic mass is 16.2. The number of aromatic nitrogens is 2. The van der Waals surface area contributed by atoms with Gasteiger partial charge in [-0.1, -0.05) is 13.3 Å². The Kier molecular flexibility index (Phi) is 4.52. The van der Waals surface area contributed by atoms with Crippen molar-refractivity contribution in [3.63, 3.8) is 0 Å². The van der Waals surface area contributed by atoms with Gasteiger partial charge in [-0.05, 0) is 31.2 Å². The van der Waals surface area contributed by atoms with E-state index < -0.39 is 0 Å². The zero-order valence-electron chi connectivity index (χ0n) is 14.0. The maximum Gasteiger partial charge on any atom is 0.227 e. The summed E-state index contributed by atoms with van der Waals surface area (Å²) in [5.41, 5.74) is 1.18. The largest absolute Gasteiger partial charge is 0.339 e. The average Bonchev–Trinajstić information content (AvgIpc) is 3.08. The molecule has 4 atom stereocenters. The first-order chi connectivity index (χ1) is 10.6. The van der Waals surface area contributed by atoms with Gasteiger partial charge >= 0.3 is 0 Å². The molecule has 5 nitrogen and oxygen atoms in total. The fourth-order valence-corrected chi connectivity index (χ4v) is 3.96. The van der Waals surface area contributed by atoms with Gasteiger partial charge in [0.25, 0.3) is 0 Å².